The average molecular weight is 630 g/mol. The summed E-state index contributed by atoms with van der Waals surface area (Å²) in [5.41, 5.74) is 6.76. The van der Waals surface area contributed by atoms with Crippen LogP contribution in [0.5, 0.6) is 11.5 Å². The van der Waals surface area contributed by atoms with Gasteiger partial charge in [0.25, 0.3) is 5.91 Å². The number of nitrogens with two attached hydrogens (primary N) is 1. The molecule has 1 aromatic heterocycles. The van der Waals surface area contributed by atoms with Crippen molar-refractivity contribution in [3.8, 4) is 17.2 Å². The number of nitrogens with zero attached hydrogens (tertiary/aromatic N) is 3. The molecule has 0 radical (unpaired) electrons. The number of H-pyrrole nitrogens is 1. The number of hydrogen-bond acceptors (Lipinski definition) is 10. The van der Waals surface area contributed by atoms with Crippen molar-refractivity contribution < 1.29 is 28.6 Å². The predicted octanol–water partition coefficient (Wildman–Crippen LogP) is 3.00. The van der Waals surface area contributed by atoms with E-state index < -0.39 is 29.8 Å². The fraction of sp³-hybridized carbons (Fsp3) is 0.250. The normalized spacial score (nSPS) is 12.0. The lowest BCUT2D eigenvalue weighted by molar-refractivity contribution is -0.136. The molecule has 3 aromatic carbocycles. The maximum absolute atomic E-state index is 13.3. The molecule has 14 heteroatoms. The van der Waals surface area contributed by atoms with Crippen LogP contribution in [-0.2, 0) is 14.3 Å². The van der Waals surface area contributed by atoms with Crippen LogP contribution in [0.3, 0.4) is 0 Å². The van der Waals surface area contributed by atoms with E-state index in [9.17, 15) is 19.2 Å². The molecule has 2 unspecified atom stereocenters. The fourth-order valence-corrected chi connectivity index (χ4v) is 4.55. The number of esters is 2. The number of carbonyl (C=O) groups excluding carboxylic acids is 3. The molecule has 4 rings (SSSR count). The molecule has 46 heavy (non-hydrogen) atoms. The predicted molar refractivity (Wildman–Crippen MR) is 170 cm³/mol. The smallest absolute Gasteiger partial charge is 0.348 e. The van der Waals surface area contributed by atoms with Gasteiger partial charge in [-0.25, -0.2) is 9.59 Å². The van der Waals surface area contributed by atoms with Gasteiger partial charge in [-0.2, -0.15) is 4.68 Å². The zero-order valence-electron chi connectivity index (χ0n) is 26.0. The second kappa shape index (κ2) is 14.2. The lowest BCUT2D eigenvalue weighted by atomic mass is 10.0. The van der Waals surface area contributed by atoms with E-state index in [-0.39, 0.29) is 28.8 Å². The van der Waals surface area contributed by atoms with Gasteiger partial charge < -0.3 is 30.2 Å². The fourth-order valence-electron chi connectivity index (χ4n) is 4.55. The average Bonchev–Trinajstić information content (AvgIpc) is 3.41. The van der Waals surface area contributed by atoms with Gasteiger partial charge in [-0.15, -0.1) is 5.10 Å². The summed E-state index contributed by atoms with van der Waals surface area (Å²) in [5, 5.41) is 15.6. The van der Waals surface area contributed by atoms with Crippen LogP contribution in [0.4, 0.5) is 5.69 Å². The molecule has 0 aliphatic heterocycles. The van der Waals surface area contributed by atoms with Gasteiger partial charge in [-0.05, 0) is 67.9 Å². The molecule has 240 valence electrons. The lowest BCUT2D eigenvalue weighted by Crippen LogP contribution is -2.35. The van der Waals surface area contributed by atoms with Crippen molar-refractivity contribution in [2.45, 2.75) is 32.9 Å². The molecule has 0 saturated carbocycles. The molecule has 0 fully saturated rings. The number of aromatic nitrogens is 3. The highest BCUT2D eigenvalue weighted by Crippen LogP contribution is 2.34. The van der Waals surface area contributed by atoms with Gasteiger partial charge in [0.2, 0.25) is 0 Å². The van der Waals surface area contributed by atoms with Crippen LogP contribution < -0.4 is 26.2 Å². The first-order valence-electron chi connectivity index (χ1n) is 14.3. The van der Waals surface area contributed by atoms with E-state index in [1.807, 2.05) is 6.92 Å². The van der Waals surface area contributed by atoms with Gasteiger partial charge in [0.15, 0.2) is 23.4 Å². The van der Waals surface area contributed by atoms with Gasteiger partial charge in [-0.3, -0.25) is 20.0 Å². The highest BCUT2D eigenvalue weighted by molar-refractivity contribution is 5.99. The highest BCUT2D eigenvalue weighted by Gasteiger charge is 2.25. The van der Waals surface area contributed by atoms with Gasteiger partial charge in [0.1, 0.15) is 11.9 Å². The third-order valence-electron chi connectivity index (χ3n) is 6.70. The number of nitrogens with one attached hydrogen (secondary N) is 3. The first kappa shape index (κ1) is 33.0. The molecular formula is C32H35N7O7. The molecule has 1 heterocycles. The Kier molecular flexibility index (Phi) is 10.2. The van der Waals surface area contributed by atoms with E-state index in [2.05, 4.69) is 15.4 Å². The van der Waals surface area contributed by atoms with E-state index in [1.165, 1.54) is 17.0 Å². The van der Waals surface area contributed by atoms with Crippen molar-refractivity contribution in [1.82, 2.24) is 19.7 Å². The maximum Gasteiger partial charge on any atom is 0.348 e. The first-order chi connectivity index (χ1) is 21.9. The highest BCUT2D eigenvalue weighted by atomic mass is 16.6. The van der Waals surface area contributed by atoms with Crippen molar-refractivity contribution in [2.24, 2.45) is 5.73 Å². The van der Waals surface area contributed by atoms with Crippen LogP contribution in [0.15, 0.2) is 71.5 Å². The Morgan fingerprint density at radius 1 is 1.07 bits per heavy atom. The Morgan fingerprint density at radius 2 is 1.76 bits per heavy atom. The third kappa shape index (κ3) is 7.59. The minimum absolute atomic E-state index is 0.0382. The Balaban J connectivity index is 1.81. The van der Waals surface area contributed by atoms with E-state index in [4.69, 9.17) is 25.4 Å². The zero-order chi connectivity index (χ0) is 33.5. The number of amidine groups is 1. The number of aromatic amines is 1. The summed E-state index contributed by atoms with van der Waals surface area (Å²) in [4.78, 5) is 54.0. The summed E-state index contributed by atoms with van der Waals surface area (Å²) in [7, 11) is 3.27. The van der Waals surface area contributed by atoms with Crippen LogP contribution in [0.2, 0.25) is 0 Å². The number of para-hydroxylation sites is 1. The minimum atomic E-state index is -0.932. The molecular weight excluding hydrogens is 594 g/mol. The third-order valence-corrected chi connectivity index (χ3v) is 6.70. The second-order valence-electron chi connectivity index (χ2n) is 10.3. The van der Waals surface area contributed by atoms with Crippen molar-refractivity contribution in [1.29, 1.82) is 5.41 Å². The summed E-state index contributed by atoms with van der Waals surface area (Å²) in [5.74, 6) is -1.18. The molecule has 1 amide bonds. The van der Waals surface area contributed by atoms with E-state index in [0.29, 0.717) is 34.9 Å². The summed E-state index contributed by atoms with van der Waals surface area (Å²) in [6, 6.07) is 17.2. The van der Waals surface area contributed by atoms with Crippen LogP contribution in [0, 0.1) is 5.41 Å². The molecule has 14 nitrogen and oxygen atoms in total. The summed E-state index contributed by atoms with van der Waals surface area (Å²) in [6.07, 6.45) is -0.782. The van der Waals surface area contributed by atoms with Gasteiger partial charge in [-0.1, -0.05) is 18.2 Å². The Hall–Kier alpha value is -5.92. The molecule has 4 aromatic rings. The summed E-state index contributed by atoms with van der Waals surface area (Å²) < 4.78 is 17.6. The second-order valence-corrected chi connectivity index (χ2v) is 10.3. The van der Waals surface area contributed by atoms with E-state index >= 15 is 0 Å². The first-order valence-corrected chi connectivity index (χ1v) is 14.3. The molecule has 2 atom stereocenters. The minimum Gasteiger partial charge on any atom is -0.490 e. The number of benzene rings is 3. The standard InChI is InChI=1S/C32H35N7O7/c1-6-44-26-17-21(13-16-25(26)45-18(2)30(41)38(4)5)27(35-22-14-11-20(12-15-22)28(33)34)29-36-32(43)39(37-29)24-10-8-7-9-23(24)31(42)46-19(3)40/h7-18,27,35H,6H2,1-5H3,(H3,33,34)(H,36,37,43). The Bertz CT molecular complexity index is 1810. The van der Waals surface area contributed by atoms with Crippen molar-refractivity contribution >= 4 is 29.4 Å². The number of anilines is 1. The molecule has 0 saturated heterocycles. The maximum atomic E-state index is 13.3. The number of nitrogen functional groups attached to an aromatic ring is 1. The number of carbonyl (C=O) groups is 3. The monoisotopic (exact) mass is 629 g/mol. The van der Waals surface area contributed by atoms with Gasteiger partial charge in [0.05, 0.1) is 17.9 Å². The number of rotatable bonds is 12. The summed E-state index contributed by atoms with van der Waals surface area (Å²) >= 11 is 0. The number of hydrogen-bond donors (Lipinski definition) is 4. The van der Waals surface area contributed by atoms with Crippen LogP contribution >= 0.6 is 0 Å². The molecule has 0 aliphatic rings. The zero-order valence-corrected chi connectivity index (χ0v) is 26.0. The molecule has 0 aliphatic carbocycles. The molecule has 5 N–H and O–H groups in total. The number of likely N-dealkylation sites (N-methyl/N-ethyl adjacent to an activating group) is 1. The topological polar surface area (TPSA) is 195 Å². The van der Waals surface area contributed by atoms with Crippen molar-refractivity contribution in [2.75, 3.05) is 26.0 Å². The SMILES string of the molecule is CCOc1cc(C(Nc2ccc(C(=N)N)cc2)c2nn(-c3ccccc3C(=O)OC(C)=O)c(=O)[nH]2)ccc1OC(C)C(=O)N(C)C. The van der Waals surface area contributed by atoms with E-state index in [0.717, 1.165) is 11.6 Å². The quantitative estimate of drug-likeness (QED) is 0.0783. The van der Waals surface area contributed by atoms with Crippen molar-refractivity contribution in [3.63, 3.8) is 0 Å². The van der Waals surface area contributed by atoms with Crippen molar-refractivity contribution in [3.05, 3.63) is 99.7 Å². The molecule has 0 bridgehead atoms. The van der Waals surface area contributed by atoms with Gasteiger partial charge in [0, 0.05) is 32.3 Å². The largest absolute Gasteiger partial charge is 0.490 e. The molecule has 0 spiro atoms. The number of ether oxygens (including phenoxy) is 3. The Labute approximate surface area is 264 Å². The van der Waals surface area contributed by atoms with Crippen LogP contribution in [0.1, 0.15) is 54.1 Å². The van der Waals surface area contributed by atoms with Gasteiger partial charge >= 0.3 is 17.6 Å². The van der Waals surface area contributed by atoms with Crippen LogP contribution in [0.25, 0.3) is 5.69 Å². The summed E-state index contributed by atoms with van der Waals surface area (Å²) in [6.45, 7) is 4.86. The lowest BCUT2D eigenvalue weighted by Gasteiger charge is -2.22. The van der Waals surface area contributed by atoms with Crippen LogP contribution in [-0.4, -0.2) is 70.2 Å². The van der Waals surface area contributed by atoms with E-state index in [1.54, 1.807) is 75.6 Å². The Morgan fingerprint density at radius 3 is 2.39 bits per heavy atom. The number of amides is 1.